The second kappa shape index (κ2) is 9.06. The van der Waals surface area contributed by atoms with Crippen molar-refractivity contribution in [3.8, 4) is 33.6 Å². The monoisotopic (exact) mass is 564 g/mol. The van der Waals surface area contributed by atoms with E-state index in [9.17, 15) is 9.90 Å². The number of hydrogen-bond acceptors (Lipinski definition) is 6. The van der Waals surface area contributed by atoms with Crippen molar-refractivity contribution in [3.63, 3.8) is 0 Å². The minimum atomic E-state index is -0.967. The number of rotatable bonds is 4. The maximum Gasteiger partial charge on any atom is 0.407 e. The molecule has 2 bridgehead atoms. The van der Waals surface area contributed by atoms with Gasteiger partial charge in [-0.05, 0) is 48.4 Å². The highest BCUT2D eigenvalue weighted by Gasteiger charge is 2.45. The quantitative estimate of drug-likeness (QED) is 0.302. The van der Waals surface area contributed by atoms with Crippen LogP contribution in [-0.4, -0.2) is 71.1 Å². The van der Waals surface area contributed by atoms with E-state index in [1.807, 2.05) is 35.2 Å². The van der Waals surface area contributed by atoms with Gasteiger partial charge >= 0.3 is 6.09 Å². The number of nitrogens with zero attached hydrogens (tertiary/aromatic N) is 7. The van der Waals surface area contributed by atoms with Crippen LogP contribution in [0, 0.1) is 11.6 Å². The van der Waals surface area contributed by atoms with E-state index in [0.29, 0.717) is 42.1 Å². The van der Waals surface area contributed by atoms with Crippen molar-refractivity contribution in [3.05, 3.63) is 85.0 Å². The number of likely N-dealkylation sites (tertiary alicyclic amines) is 1. The van der Waals surface area contributed by atoms with E-state index in [0.717, 1.165) is 22.0 Å². The molecule has 0 aliphatic carbocycles. The number of H-pyrrole nitrogens is 1. The molecule has 0 saturated carbocycles. The average molecular weight is 565 g/mol. The van der Waals surface area contributed by atoms with Gasteiger partial charge < -0.3 is 14.9 Å². The SMILES string of the molecule is O=C(O)N1C[C@@H]2C[C@H]1CN2c1cc(F)c(-c2ccnc3c(-c4cccc5[nH]ncc45)c(-c4ccncc4)nn23)c(F)c1. The smallest absolute Gasteiger partial charge is 0.407 e. The maximum atomic E-state index is 15.9. The highest BCUT2D eigenvalue weighted by Crippen LogP contribution is 2.41. The number of anilines is 1. The molecule has 0 radical (unpaired) electrons. The summed E-state index contributed by atoms with van der Waals surface area (Å²) in [5.41, 5.74) is 4.52. The third kappa shape index (κ3) is 3.57. The molecule has 6 heterocycles. The first-order valence-electron chi connectivity index (χ1n) is 13.4. The van der Waals surface area contributed by atoms with Gasteiger partial charge in [-0.1, -0.05) is 12.1 Å². The summed E-state index contributed by atoms with van der Waals surface area (Å²) in [5, 5.41) is 22.3. The number of amides is 1. The number of benzene rings is 2. The van der Waals surface area contributed by atoms with Crippen molar-refractivity contribution >= 4 is 28.3 Å². The number of nitrogens with one attached hydrogen (secondary N) is 1. The van der Waals surface area contributed by atoms with Gasteiger partial charge in [-0.3, -0.25) is 10.1 Å². The Bertz CT molecular complexity index is 2000. The predicted octanol–water partition coefficient (Wildman–Crippen LogP) is 5.22. The van der Waals surface area contributed by atoms with E-state index in [4.69, 9.17) is 5.10 Å². The van der Waals surface area contributed by atoms with Gasteiger partial charge in [0, 0.05) is 54.4 Å². The summed E-state index contributed by atoms with van der Waals surface area (Å²) < 4.78 is 33.3. The molecule has 8 rings (SSSR count). The molecule has 2 aromatic carbocycles. The summed E-state index contributed by atoms with van der Waals surface area (Å²) in [6, 6.07) is 13.3. The van der Waals surface area contributed by atoms with Gasteiger partial charge in [0.05, 0.1) is 34.6 Å². The second-order valence-electron chi connectivity index (χ2n) is 10.6. The Kier molecular flexibility index (Phi) is 5.27. The Morgan fingerprint density at radius 2 is 1.79 bits per heavy atom. The van der Waals surface area contributed by atoms with Crippen LogP contribution in [0.5, 0.6) is 0 Å². The molecule has 10 nitrogen and oxygen atoms in total. The summed E-state index contributed by atoms with van der Waals surface area (Å²) in [6.45, 7) is 0.708. The number of carboxylic acid groups (broad SMARTS) is 1. The zero-order valence-electron chi connectivity index (χ0n) is 21.9. The van der Waals surface area contributed by atoms with E-state index in [1.54, 1.807) is 24.7 Å². The zero-order valence-corrected chi connectivity index (χ0v) is 21.9. The van der Waals surface area contributed by atoms with Crippen molar-refractivity contribution in [2.24, 2.45) is 0 Å². The Hall–Kier alpha value is -5.39. The summed E-state index contributed by atoms with van der Waals surface area (Å²) >= 11 is 0. The lowest BCUT2D eigenvalue weighted by molar-refractivity contribution is 0.137. The molecule has 6 aromatic rings. The van der Waals surface area contributed by atoms with Crippen LogP contribution in [-0.2, 0) is 0 Å². The fraction of sp³-hybridized carbons (Fsp3) is 0.167. The molecule has 2 aliphatic rings. The van der Waals surface area contributed by atoms with Gasteiger partial charge in [-0.25, -0.2) is 23.1 Å². The Morgan fingerprint density at radius 3 is 2.52 bits per heavy atom. The number of hydrogen-bond donors (Lipinski definition) is 2. The lowest BCUT2D eigenvalue weighted by Gasteiger charge is -2.34. The molecule has 2 aliphatic heterocycles. The van der Waals surface area contributed by atoms with Crippen LogP contribution in [0.4, 0.5) is 19.3 Å². The molecule has 0 spiro atoms. The zero-order chi connectivity index (χ0) is 28.5. The lowest BCUT2D eigenvalue weighted by Crippen LogP contribution is -2.48. The molecule has 2 saturated heterocycles. The van der Waals surface area contributed by atoms with Crippen LogP contribution >= 0.6 is 0 Å². The number of carbonyl (C=O) groups is 1. The van der Waals surface area contributed by atoms with Gasteiger partial charge in [0.2, 0.25) is 0 Å². The molecule has 208 valence electrons. The van der Waals surface area contributed by atoms with E-state index in [-0.39, 0.29) is 23.3 Å². The van der Waals surface area contributed by atoms with Crippen molar-refractivity contribution in [2.75, 3.05) is 18.0 Å². The minimum absolute atomic E-state index is 0.120. The summed E-state index contributed by atoms with van der Waals surface area (Å²) in [7, 11) is 0. The van der Waals surface area contributed by atoms with Gasteiger partial charge in [0.15, 0.2) is 5.65 Å². The standard InChI is InChI=1S/C30H22F2N8O2/c31-22-11-17(38-14-19-10-18(38)15-39(19)30(41)42)12-23(32)27(22)25-6-9-34-29-26(20-2-1-3-24-21(20)13-35-36-24)28(37-40(25)29)16-4-7-33-8-5-16/h1-9,11-13,18-19H,10,14-15H2,(H,35,36)(H,41,42)/t18-,19-/m0/s1. The molecule has 2 N–H and O–H groups in total. The van der Waals surface area contributed by atoms with Crippen LogP contribution in [0.15, 0.2) is 73.3 Å². The predicted molar refractivity (Wildman–Crippen MR) is 151 cm³/mol. The highest BCUT2D eigenvalue weighted by molar-refractivity contribution is 6.02. The van der Waals surface area contributed by atoms with Gasteiger partial charge in [0.25, 0.3) is 0 Å². The molecule has 12 heteroatoms. The van der Waals surface area contributed by atoms with E-state index < -0.39 is 17.7 Å². The van der Waals surface area contributed by atoms with Crippen LogP contribution in [0.3, 0.4) is 0 Å². The Balaban J connectivity index is 1.29. The number of aromatic amines is 1. The summed E-state index contributed by atoms with van der Waals surface area (Å²) in [6.07, 6.45) is 6.25. The highest BCUT2D eigenvalue weighted by atomic mass is 19.1. The number of piperazine rings is 1. The first-order valence-corrected chi connectivity index (χ1v) is 13.4. The molecule has 2 atom stereocenters. The lowest BCUT2D eigenvalue weighted by atomic mass is 9.99. The van der Waals surface area contributed by atoms with Crippen molar-refractivity contribution < 1.29 is 18.7 Å². The fourth-order valence-electron chi connectivity index (χ4n) is 6.47. The van der Waals surface area contributed by atoms with E-state index in [1.165, 1.54) is 27.7 Å². The Labute approximate surface area is 236 Å². The number of halogens is 2. The summed E-state index contributed by atoms with van der Waals surface area (Å²) in [5.74, 6) is -1.48. The van der Waals surface area contributed by atoms with E-state index >= 15 is 8.78 Å². The number of fused-ring (bicyclic) bond motifs is 4. The van der Waals surface area contributed by atoms with Crippen LogP contribution in [0.1, 0.15) is 6.42 Å². The molecule has 1 amide bonds. The largest absolute Gasteiger partial charge is 0.465 e. The first kappa shape index (κ1) is 24.4. The topological polar surface area (TPSA) is 116 Å². The fourth-order valence-corrected chi connectivity index (χ4v) is 6.47. The van der Waals surface area contributed by atoms with Crippen molar-refractivity contribution in [1.29, 1.82) is 0 Å². The number of aromatic nitrogens is 6. The van der Waals surface area contributed by atoms with Crippen LogP contribution < -0.4 is 4.90 Å². The van der Waals surface area contributed by atoms with E-state index in [2.05, 4.69) is 20.2 Å². The normalized spacial score (nSPS) is 18.0. The molecule has 2 fully saturated rings. The molecule has 4 aromatic heterocycles. The number of pyridine rings is 1. The van der Waals surface area contributed by atoms with Crippen LogP contribution in [0.2, 0.25) is 0 Å². The minimum Gasteiger partial charge on any atom is -0.465 e. The van der Waals surface area contributed by atoms with Gasteiger partial charge in [0.1, 0.15) is 17.3 Å². The van der Waals surface area contributed by atoms with Crippen molar-refractivity contribution in [2.45, 2.75) is 18.5 Å². The second-order valence-corrected chi connectivity index (χ2v) is 10.6. The van der Waals surface area contributed by atoms with Gasteiger partial charge in [-0.2, -0.15) is 10.2 Å². The average Bonchev–Trinajstić information content (AvgIpc) is 3.79. The summed E-state index contributed by atoms with van der Waals surface area (Å²) in [4.78, 5) is 23.5. The molecule has 0 unspecified atom stereocenters. The van der Waals surface area contributed by atoms with Crippen molar-refractivity contribution in [1.82, 2.24) is 34.7 Å². The molecule has 42 heavy (non-hydrogen) atoms. The molecular weight excluding hydrogens is 542 g/mol. The Morgan fingerprint density at radius 1 is 0.976 bits per heavy atom. The third-order valence-corrected chi connectivity index (χ3v) is 8.33. The van der Waals surface area contributed by atoms with Crippen LogP contribution in [0.25, 0.3) is 50.2 Å². The third-order valence-electron chi connectivity index (χ3n) is 8.33. The van der Waals surface area contributed by atoms with Gasteiger partial charge in [-0.15, -0.1) is 0 Å². The first-order chi connectivity index (χ1) is 20.5. The molecular formula is C30H22F2N8O2. The maximum absolute atomic E-state index is 15.9.